The van der Waals surface area contributed by atoms with Crippen molar-refractivity contribution in [2.45, 2.75) is 19.9 Å². The zero-order chi connectivity index (χ0) is 21.3. The fraction of sp³-hybridized carbons (Fsp3) is 0.318. The number of urea groups is 1. The van der Waals surface area contributed by atoms with E-state index < -0.39 is 0 Å². The molecule has 0 bridgehead atoms. The Bertz CT molecular complexity index is 1080. The summed E-state index contributed by atoms with van der Waals surface area (Å²) in [6.45, 7) is 5.79. The van der Waals surface area contributed by atoms with Crippen LogP contribution in [-0.4, -0.2) is 46.6 Å². The Labute approximate surface area is 179 Å². The number of fused-ring (bicyclic) bond motifs is 1. The Morgan fingerprint density at radius 3 is 2.73 bits per heavy atom. The first-order valence-electron chi connectivity index (χ1n) is 9.93. The lowest BCUT2D eigenvalue weighted by atomic mass is 10.00. The van der Waals surface area contributed by atoms with Crippen LogP contribution in [0, 0.1) is 11.7 Å². The summed E-state index contributed by atoms with van der Waals surface area (Å²) in [5, 5.41) is 4.01. The van der Waals surface area contributed by atoms with Crippen molar-refractivity contribution in [3.8, 4) is 0 Å². The minimum Gasteiger partial charge on any atom is -0.334 e. The molecule has 2 heterocycles. The maximum Gasteiger partial charge on any atom is 0.321 e. The number of carbonyl (C=O) groups excluding carboxylic acids is 1. The highest BCUT2D eigenvalue weighted by Crippen LogP contribution is 2.27. The van der Waals surface area contributed by atoms with Crippen LogP contribution in [0.3, 0.4) is 0 Å². The number of anilines is 2. The van der Waals surface area contributed by atoms with Crippen molar-refractivity contribution in [3.63, 3.8) is 0 Å². The van der Waals surface area contributed by atoms with Gasteiger partial charge >= 0.3 is 6.03 Å². The second-order valence-electron chi connectivity index (χ2n) is 7.72. The summed E-state index contributed by atoms with van der Waals surface area (Å²) in [6, 6.07) is 13.3. The van der Waals surface area contributed by atoms with Crippen molar-refractivity contribution < 1.29 is 9.18 Å². The Morgan fingerprint density at radius 2 is 1.97 bits per heavy atom. The highest BCUT2D eigenvalue weighted by Gasteiger charge is 2.33. The predicted molar refractivity (Wildman–Crippen MR) is 118 cm³/mol. The molecular weight excluding hydrogens is 405 g/mol. The number of rotatable bonds is 3. The van der Waals surface area contributed by atoms with Crippen LogP contribution < -0.4 is 10.2 Å². The van der Waals surface area contributed by atoms with Gasteiger partial charge in [-0.05, 0) is 36.2 Å². The van der Waals surface area contributed by atoms with E-state index in [1.807, 2.05) is 24.3 Å². The summed E-state index contributed by atoms with van der Waals surface area (Å²) in [4.78, 5) is 25.8. The number of nitrogens with zero attached hydrogens (tertiary/aromatic N) is 4. The molecule has 156 valence electrons. The summed E-state index contributed by atoms with van der Waals surface area (Å²) in [5.74, 6) is 0.439. The monoisotopic (exact) mass is 427 g/mol. The van der Waals surface area contributed by atoms with E-state index in [2.05, 4.69) is 29.0 Å². The first-order chi connectivity index (χ1) is 14.4. The molecule has 1 atom stereocenters. The molecule has 2 amide bonds. The number of para-hydroxylation sites is 1. The first kappa shape index (κ1) is 20.3. The third-order valence-electron chi connectivity index (χ3n) is 5.35. The molecule has 0 aliphatic carbocycles. The summed E-state index contributed by atoms with van der Waals surface area (Å²) in [6.07, 6.45) is 0. The average Bonchev–Trinajstić information content (AvgIpc) is 2.73. The van der Waals surface area contributed by atoms with Crippen LogP contribution in [0.2, 0.25) is 5.15 Å². The van der Waals surface area contributed by atoms with Gasteiger partial charge < -0.3 is 15.1 Å². The molecule has 2 aromatic carbocycles. The molecule has 1 aliphatic rings. The highest BCUT2D eigenvalue weighted by atomic mass is 35.5. The van der Waals surface area contributed by atoms with Gasteiger partial charge in [-0.15, -0.1) is 0 Å². The van der Waals surface area contributed by atoms with Crippen LogP contribution in [0.15, 0.2) is 48.5 Å². The SMILES string of the molecule is CC(C)C1CN(C(=O)Nc2cccc(F)c2)CCN1c1nc(Cl)c2ccccc2n1. The molecular formula is C22H23ClFN5O. The van der Waals surface area contributed by atoms with E-state index >= 15 is 0 Å². The summed E-state index contributed by atoms with van der Waals surface area (Å²) < 4.78 is 13.4. The van der Waals surface area contributed by atoms with Gasteiger partial charge in [-0.25, -0.2) is 19.2 Å². The third kappa shape index (κ3) is 4.16. The summed E-state index contributed by atoms with van der Waals surface area (Å²) >= 11 is 6.41. The standard InChI is InChI=1S/C22H23ClFN5O/c1-14(2)19-13-28(22(30)25-16-7-5-6-15(24)12-16)10-11-29(19)21-26-18-9-4-3-8-17(18)20(23)27-21/h3-9,12,14,19H,10-11,13H2,1-2H3,(H,25,30). The molecule has 30 heavy (non-hydrogen) atoms. The van der Waals surface area contributed by atoms with Gasteiger partial charge in [-0.3, -0.25) is 0 Å². The number of halogens is 2. The fourth-order valence-electron chi connectivity index (χ4n) is 3.74. The molecule has 0 saturated carbocycles. The summed E-state index contributed by atoms with van der Waals surface area (Å²) in [5.41, 5.74) is 1.23. The highest BCUT2D eigenvalue weighted by molar-refractivity contribution is 6.34. The first-order valence-corrected chi connectivity index (χ1v) is 10.3. The van der Waals surface area contributed by atoms with Crippen LogP contribution in [0.1, 0.15) is 13.8 Å². The van der Waals surface area contributed by atoms with E-state index in [9.17, 15) is 9.18 Å². The number of amides is 2. The molecule has 1 saturated heterocycles. The number of carbonyl (C=O) groups is 1. The number of benzene rings is 2. The van der Waals surface area contributed by atoms with Crippen LogP contribution in [0.5, 0.6) is 0 Å². The molecule has 3 aromatic rings. The zero-order valence-electron chi connectivity index (χ0n) is 16.8. The van der Waals surface area contributed by atoms with Crippen molar-refractivity contribution >= 4 is 40.2 Å². The van der Waals surface area contributed by atoms with Gasteiger partial charge in [-0.2, -0.15) is 0 Å². The minimum atomic E-state index is -0.386. The second kappa shape index (κ2) is 8.44. The van der Waals surface area contributed by atoms with Gasteiger partial charge in [0.15, 0.2) is 0 Å². The number of hydrogen-bond acceptors (Lipinski definition) is 4. The Kier molecular flexibility index (Phi) is 5.72. The van der Waals surface area contributed by atoms with E-state index in [0.29, 0.717) is 36.4 Å². The van der Waals surface area contributed by atoms with E-state index in [1.54, 1.807) is 17.0 Å². The van der Waals surface area contributed by atoms with Gasteiger partial charge in [0.05, 0.1) is 11.6 Å². The fourth-order valence-corrected chi connectivity index (χ4v) is 3.97. The van der Waals surface area contributed by atoms with Gasteiger partial charge in [0.2, 0.25) is 5.95 Å². The Hall–Kier alpha value is -2.93. The van der Waals surface area contributed by atoms with E-state index in [1.165, 1.54) is 12.1 Å². The Morgan fingerprint density at radius 1 is 1.17 bits per heavy atom. The lowest BCUT2D eigenvalue weighted by Gasteiger charge is -2.43. The topological polar surface area (TPSA) is 61.4 Å². The van der Waals surface area contributed by atoms with Gasteiger partial charge in [0, 0.05) is 30.7 Å². The molecule has 6 nitrogen and oxygen atoms in total. The van der Waals surface area contributed by atoms with Crippen LogP contribution in [0.25, 0.3) is 10.9 Å². The lowest BCUT2D eigenvalue weighted by Crippen LogP contribution is -2.58. The van der Waals surface area contributed by atoms with E-state index in [-0.39, 0.29) is 23.8 Å². The van der Waals surface area contributed by atoms with Gasteiger partial charge in [0.1, 0.15) is 11.0 Å². The molecule has 1 unspecified atom stereocenters. The van der Waals surface area contributed by atoms with Crippen molar-refractivity contribution in [1.29, 1.82) is 0 Å². The molecule has 1 fully saturated rings. The third-order valence-corrected chi connectivity index (χ3v) is 5.64. The molecule has 8 heteroatoms. The maximum atomic E-state index is 13.4. The minimum absolute atomic E-state index is 0.0224. The molecule has 1 aliphatic heterocycles. The molecule has 0 spiro atoms. The molecule has 4 rings (SSSR count). The molecule has 0 radical (unpaired) electrons. The lowest BCUT2D eigenvalue weighted by molar-refractivity contribution is 0.189. The van der Waals surface area contributed by atoms with E-state index in [4.69, 9.17) is 16.6 Å². The largest absolute Gasteiger partial charge is 0.334 e. The second-order valence-corrected chi connectivity index (χ2v) is 8.08. The average molecular weight is 428 g/mol. The number of nitrogens with one attached hydrogen (secondary N) is 1. The normalized spacial score (nSPS) is 16.9. The quantitative estimate of drug-likeness (QED) is 0.610. The smallest absolute Gasteiger partial charge is 0.321 e. The molecule has 1 N–H and O–H groups in total. The number of aromatic nitrogens is 2. The van der Waals surface area contributed by atoms with Crippen molar-refractivity contribution in [2.75, 3.05) is 29.9 Å². The number of piperazine rings is 1. The van der Waals surface area contributed by atoms with E-state index in [0.717, 1.165) is 10.9 Å². The maximum absolute atomic E-state index is 13.4. The van der Waals surface area contributed by atoms with Crippen molar-refractivity contribution in [2.24, 2.45) is 5.92 Å². The zero-order valence-corrected chi connectivity index (χ0v) is 17.6. The van der Waals surface area contributed by atoms with Crippen LogP contribution in [0.4, 0.5) is 20.8 Å². The van der Waals surface area contributed by atoms with Gasteiger partial charge in [0.25, 0.3) is 0 Å². The van der Waals surface area contributed by atoms with Crippen molar-refractivity contribution in [3.05, 3.63) is 59.5 Å². The van der Waals surface area contributed by atoms with Crippen LogP contribution >= 0.6 is 11.6 Å². The predicted octanol–water partition coefficient (Wildman–Crippen LogP) is 4.80. The van der Waals surface area contributed by atoms with Gasteiger partial charge in [-0.1, -0.05) is 43.6 Å². The molecule has 1 aromatic heterocycles. The van der Waals surface area contributed by atoms with Crippen LogP contribution in [-0.2, 0) is 0 Å². The van der Waals surface area contributed by atoms with Crippen molar-refractivity contribution in [1.82, 2.24) is 14.9 Å². The number of hydrogen-bond donors (Lipinski definition) is 1. The Balaban J connectivity index is 1.54. The summed E-state index contributed by atoms with van der Waals surface area (Å²) in [7, 11) is 0.